The van der Waals surface area contributed by atoms with Gasteiger partial charge in [0.15, 0.2) is 0 Å². The summed E-state index contributed by atoms with van der Waals surface area (Å²) in [5.41, 5.74) is 0.245. The summed E-state index contributed by atoms with van der Waals surface area (Å²) in [6.45, 7) is 4.00. The third-order valence-corrected chi connectivity index (χ3v) is 6.54. The van der Waals surface area contributed by atoms with Crippen LogP contribution in [0.25, 0.3) is 0 Å². The Morgan fingerprint density at radius 1 is 1.35 bits per heavy atom. The highest BCUT2D eigenvalue weighted by Crippen LogP contribution is 2.36. The summed E-state index contributed by atoms with van der Waals surface area (Å²) >= 11 is 12.0. The van der Waals surface area contributed by atoms with E-state index in [1.165, 1.54) is 16.4 Å². The van der Waals surface area contributed by atoms with Gasteiger partial charge in [0, 0.05) is 23.2 Å². The van der Waals surface area contributed by atoms with E-state index in [2.05, 4.69) is 0 Å². The van der Waals surface area contributed by atoms with E-state index in [0.717, 1.165) is 6.42 Å². The van der Waals surface area contributed by atoms with Gasteiger partial charge in [0.25, 0.3) is 0 Å². The number of halogens is 2. The molecular formula is C13H17Cl2NO3S. The summed E-state index contributed by atoms with van der Waals surface area (Å²) < 4.78 is 26.9. The monoisotopic (exact) mass is 337 g/mol. The zero-order valence-corrected chi connectivity index (χ0v) is 13.6. The minimum atomic E-state index is -3.67. The topological polar surface area (TPSA) is 57.6 Å². The maximum Gasteiger partial charge on any atom is 0.244 e. The maximum atomic E-state index is 12.7. The van der Waals surface area contributed by atoms with Crippen LogP contribution in [0.15, 0.2) is 17.0 Å². The second-order valence-electron chi connectivity index (χ2n) is 5.26. The van der Waals surface area contributed by atoms with Crippen molar-refractivity contribution in [1.29, 1.82) is 0 Å². The van der Waals surface area contributed by atoms with Crippen molar-refractivity contribution in [2.45, 2.75) is 37.8 Å². The molecule has 1 N–H and O–H groups in total. The first kappa shape index (κ1) is 16.0. The molecule has 2 unspecified atom stereocenters. The number of nitrogens with zero attached hydrogens (tertiary/aromatic N) is 1. The molecule has 2 rings (SSSR count). The molecule has 0 amide bonds. The Bertz CT molecular complexity index is 618. The van der Waals surface area contributed by atoms with Crippen LogP contribution in [0.1, 0.15) is 25.8 Å². The van der Waals surface area contributed by atoms with Crippen molar-refractivity contribution in [3.8, 4) is 0 Å². The Kier molecular flexibility index (Phi) is 4.66. The van der Waals surface area contributed by atoms with E-state index in [-0.39, 0.29) is 26.5 Å². The molecule has 112 valence electrons. The molecule has 4 nitrogen and oxygen atoms in total. The SMILES string of the molecule is CC1CC(C)N(S(=O)(=O)c2ccc(Cl)c(CO)c2Cl)C1. The lowest BCUT2D eigenvalue weighted by atomic mass is 10.1. The van der Waals surface area contributed by atoms with Gasteiger partial charge in [-0.3, -0.25) is 0 Å². The van der Waals surface area contributed by atoms with Crippen LogP contribution in [0.3, 0.4) is 0 Å². The van der Waals surface area contributed by atoms with Gasteiger partial charge in [-0.25, -0.2) is 8.42 Å². The number of sulfonamides is 1. The van der Waals surface area contributed by atoms with E-state index in [0.29, 0.717) is 12.5 Å². The van der Waals surface area contributed by atoms with Gasteiger partial charge in [-0.2, -0.15) is 4.31 Å². The summed E-state index contributed by atoms with van der Waals surface area (Å²) in [7, 11) is -3.67. The Balaban J connectivity index is 2.50. The van der Waals surface area contributed by atoms with E-state index in [1.54, 1.807) is 0 Å². The van der Waals surface area contributed by atoms with Crippen LogP contribution in [-0.4, -0.2) is 30.4 Å². The molecule has 1 saturated heterocycles. The predicted octanol–water partition coefficient (Wildman–Crippen LogP) is 2.90. The molecule has 0 spiro atoms. The van der Waals surface area contributed by atoms with E-state index >= 15 is 0 Å². The van der Waals surface area contributed by atoms with Gasteiger partial charge in [0.2, 0.25) is 10.0 Å². The Labute approximate surface area is 129 Å². The third kappa shape index (κ3) is 2.70. The number of aliphatic hydroxyl groups is 1. The lowest BCUT2D eigenvalue weighted by Gasteiger charge is -2.22. The van der Waals surface area contributed by atoms with E-state index < -0.39 is 16.6 Å². The van der Waals surface area contributed by atoms with E-state index in [9.17, 15) is 13.5 Å². The fourth-order valence-electron chi connectivity index (χ4n) is 2.64. The fourth-order valence-corrected chi connectivity index (χ4v) is 5.28. The second-order valence-corrected chi connectivity index (χ2v) is 7.90. The predicted molar refractivity (Wildman–Crippen MR) is 79.5 cm³/mol. The van der Waals surface area contributed by atoms with Crippen molar-refractivity contribution >= 4 is 33.2 Å². The minimum absolute atomic E-state index is 0.00625. The Morgan fingerprint density at radius 3 is 2.50 bits per heavy atom. The van der Waals surface area contributed by atoms with Crippen LogP contribution < -0.4 is 0 Å². The zero-order valence-electron chi connectivity index (χ0n) is 11.3. The fraction of sp³-hybridized carbons (Fsp3) is 0.538. The number of hydrogen-bond donors (Lipinski definition) is 1. The molecule has 0 saturated carbocycles. The molecule has 1 aromatic carbocycles. The van der Waals surface area contributed by atoms with E-state index in [1.807, 2.05) is 13.8 Å². The molecule has 0 bridgehead atoms. The molecule has 1 aromatic rings. The van der Waals surface area contributed by atoms with Crippen LogP contribution in [0.4, 0.5) is 0 Å². The van der Waals surface area contributed by atoms with Crippen LogP contribution in [0.2, 0.25) is 10.0 Å². The first-order valence-electron chi connectivity index (χ1n) is 6.38. The first-order valence-corrected chi connectivity index (χ1v) is 8.58. The van der Waals surface area contributed by atoms with Gasteiger partial charge in [-0.05, 0) is 31.4 Å². The molecule has 0 radical (unpaired) electrons. The molecule has 0 aliphatic carbocycles. The van der Waals surface area contributed by atoms with Gasteiger partial charge < -0.3 is 5.11 Å². The van der Waals surface area contributed by atoms with Crippen molar-refractivity contribution in [1.82, 2.24) is 4.31 Å². The Hall–Kier alpha value is -0.330. The second kappa shape index (κ2) is 5.81. The van der Waals surface area contributed by atoms with Crippen LogP contribution in [0, 0.1) is 5.92 Å². The van der Waals surface area contributed by atoms with Crippen molar-refractivity contribution < 1.29 is 13.5 Å². The quantitative estimate of drug-likeness (QED) is 0.922. The molecule has 2 atom stereocenters. The average Bonchev–Trinajstić information content (AvgIpc) is 2.69. The van der Waals surface area contributed by atoms with Gasteiger partial charge in [0.1, 0.15) is 4.90 Å². The highest BCUT2D eigenvalue weighted by atomic mass is 35.5. The van der Waals surface area contributed by atoms with Gasteiger partial charge in [-0.1, -0.05) is 30.1 Å². The summed E-state index contributed by atoms with van der Waals surface area (Å²) in [5, 5.41) is 9.54. The molecule has 1 heterocycles. The highest BCUT2D eigenvalue weighted by Gasteiger charge is 2.37. The molecule has 7 heteroatoms. The van der Waals surface area contributed by atoms with Crippen LogP contribution in [-0.2, 0) is 16.6 Å². The van der Waals surface area contributed by atoms with Crippen molar-refractivity contribution in [2.24, 2.45) is 5.92 Å². The zero-order chi connectivity index (χ0) is 15.1. The summed E-state index contributed by atoms with van der Waals surface area (Å²) in [5.74, 6) is 0.322. The van der Waals surface area contributed by atoms with Gasteiger partial charge in [-0.15, -0.1) is 0 Å². The van der Waals surface area contributed by atoms with Crippen molar-refractivity contribution in [3.05, 3.63) is 27.7 Å². The third-order valence-electron chi connectivity index (χ3n) is 3.62. The normalized spacial score (nSPS) is 24.2. The van der Waals surface area contributed by atoms with Crippen molar-refractivity contribution in [2.75, 3.05) is 6.54 Å². The molecule has 0 aromatic heterocycles. The number of rotatable bonds is 3. The van der Waals surface area contributed by atoms with Crippen LogP contribution >= 0.6 is 23.2 Å². The summed E-state index contributed by atoms with van der Waals surface area (Å²) in [6.07, 6.45) is 0.831. The van der Waals surface area contributed by atoms with Gasteiger partial charge >= 0.3 is 0 Å². The largest absolute Gasteiger partial charge is 0.392 e. The number of aliphatic hydroxyl groups excluding tert-OH is 1. The lowest BCUT2D eigenvalue weighted by Crippen LogP contribution is -2.34. The highest BCUT2D eigenvalue weighted by molar-refractivity contribution is 7.89. The summed E-state index contributed by atoms with van der Waals surface area (Å²) in [6, 6.07) is 2.80. The molecular weight excluding hydrogens is 321 g/mol. The minimum Gasteiger partial charge on any atom is -0.392 e. The Morgan fingerprint density at radius 2 is 2.00 bits per heavy atom. The van der Waals surface area contributed by atoms with E-state index in [4.69, 9.17) is 23.2 Å². The molecule has 1 aliphatic heterocycles. The van der Waals surface area contributed by atoms with Crippen molar-refractivity contribution in [3.63, 3.8) is 0 Å². The van der Waals surface area contributed by atoms with Gasteiger partial charge in [0.05, 0.1) is 11.6 Å². The standard InChI is InChI=1S/C13H17Cl2NO3S/c1-8-5-9(2)16(6-8)20(18,19)12-4-3-11(14)10(7-17)13(12)15/h3-4,8-9,17H,5-7H2,1-2H3. The lowest BCUT2D eigenvalue weighted by molar-refractivity contribution is 0.281. The molecule has 20 heavy (non-hydrogen) atoms. The average molecular weight is 338 g/mol. The summed E-state index contributed by atoms with van der Waals surface area (Å²) in [4.78, 5) is 0.00793. The number of benzene rings is 1. The number of hydrogen-bond acceptors (Lipinski definition) is 3. The smallest absolute Gasteiger partial charge is 0.244 e. The maximum absolute atomic E-state index is 12.7. The first-order chi connectivity index (χ1) is 9.28. The molecule has 1 fully saturated rings. The van der Waals surface area contributed by atoms with Crippen LogP contribution in [0.5, 0.6) is 0 Å². The molecule has 1 aliphatic rings.